The van der Waals surface area contributed by atoms with Crippen molar-refractivity contribution >= 4 is 33.2 Å². The predicted molar refractivity (Wildman–Crippen MR) is 69.7 cm³/mol. The molecule has 0 radical (unpaired) electrons. The lowest BCUT2D eigenvalue weighted by Gasteiger charge is -2.05. The van der Waals surface area contributed by atoms with Crippen molar-refractivity contribution in [1.29, 1.82) is 0 Å². The molecule has 6 heteroatoms. The van der Waals surface area contributed by atoms with Crippen LogP contribution in [0, 0.1) is 5.82 Å². The monoisotopic (exact) mass is 330 g/mol. The molecule has 0 saturated heterocycles. The maximum atomic E-state index is 13.4. The van der Waals surface area contributed by atoms with E-state index in [1.165, 1.54) is 23.5 Å². The van der Waals surface area contributed by atoms with Crippen molar-refractivity contribution in [3.8, 4) is 5.75 Å². The van der Waals surface area contributed by atoms with Crippen molar-refractivity contribution in [2.24, 2.45) is 0 Å². The van der Waals surface area contributed by atoms with E-state index >= 15 is 0 Å². The summed E-state index contributed by atoms with van der Waals surface area (Å²) in [6.07, 6.45) is 0. The fourth-order valence-corrected chi connectivity index (χ4v) is 2.54. The highest BCUT2D eigenvalue weighted by Gasteiger charge is 2.10. The van der Waals surface area contributed by atoms with Crippen LogP contribution in [0.25, 0.3) is 0 Å². The van der Waals surface area contributed by atoms with E-state index in [0.717, 1.165) is 15.4 Å². The molecule has 0 amide bonds. The minimum atomic E-state index is -1.29. The van der Waals surface area contributed by atoms with Gasteiger partial charge in [0.1, 0.15) is 18.2 Å². The normalized spacial score (nSPS) is 10.3. The summed E-state index contributed by atoms with van der Waals surface area (Å²) >= 11 is 4.87. The van der Waals surface area contributed by atoms with Crippen LogP contribution in [-0.4, -0.2) is 11.1 Å². The number of carboxylic acids is 1. The number of hydrogen-bond acceptors (Lipinski definition) is 3. The SMILES string of the molecule is O=C(O)c1ccc(OCc2csc(Br)c2)cc1F. The number of aromatic carboxylic acids is 1. The van der Waals surface area contributed by atoms with Gasteiger partial charge >= 0.3 is 5.97 Å². The topological polar surface area (TPSA) is 46.5 Å². The van der Waals surface area contributed by atoms with Crippen molar-refractivity contribution in [2.75, 3.05) is 0 Å². The molecule has 0 fully saturated rings. The fraction of sp³-hybridized carbons (Fsp3) is 0.0833. The van der Waals surface area contributed by atoms with Crippen LogP contribution in [0.3, 0.4) is 0 Å². The second kappa shape index (κ2) is 5.49. The minimum absolute atomic E-state index is 0.305. The van der Waals surface area contributed by atoms with Crippen LogP contribution in [0.4, 0.5) is 4.39 Å². The third kappa shape index (κ3) is 3.08. The quantitative estimate of drug-likeness (QED) is 0.923. The van der Waals surface area contributed by atoms with Crippen LogP contribution >= 0.6 is 27.3 Å². The standard InChI is InChI=1S/C12H8BrFO3S/c13-11-3-7(6-18-11)5-17-8-1-2-9(12(15)16)10(14)4-8/h1-4,6H,5H2,(H,15,16). The lowest BCUT2D eigenvalue weighted by Crippen LogP contribution is -2.01. The van der Waals surface area contributed by atoms with Gasteiger partial charge in [0.15, 0.2) is 0 Å². The van der Waals surface area contributed by atoms with E-state index in [1.807, 2.05) is 11.4 Å². The molecular formula is C12H8BrFO3S. The lowest BCUT2D eigenvalue weighted by atomic mass is 10.2. The number of benzene rings is 1. The molecule has 94 valence electrons. The molecule has 2 rings (SSSR count). The van der Waals surface area contributed by atoms with Gasteiger partial charge in [0.2, 0.25) is 0 Å². The number of carboxylic acid groups (broad SMARTS) is 1. The third-order valence-corrected chi connectivity index (χ3v) is 3.75. The van der Waals surface area contributed by atoms with E-state index in [4.69, 9.17) is 9.84 Å². The molecule has 0 atom stereocenters. The summed E-state index contributed by atoms with van der Waals surface area (Å²) in [5, 5.41) is 10.6. The molecule has 0 saturated carbocycles. The Bertz CT molecular complexity index is 582. The van der Waals surface area contributed by atoms with Gasteiger partial charge in [-0.1, -0.05) is 0 Å². The smallest absolute Gasteiger partial charge is 0.338 e. The highest BCUT2D eigenvalue weighted by molar-refractivity contribution is 9.11. The van der Waals surface area contributed by atoms with Gasteiger partial charge in [0, 0.05) is 11.6 Å². The lowest BCUT2D eigenvalue weighted by molar-refractivity contribution is 0.0692. The highest BCUT2D eigenvalue weighted by Crippen LogP contribution is 2.23. The van der Waals surface area contributed by atoms with Crippen molar-refractivity contribution in [1.82, 2.24) is 0 Å². The number of carbonyl (C=O) groups is 1. The van der Waals surface area contributed by atoms with Gasteiger partial charge in [-0.3, -0.25) is 0 Å². The Morgan fingerprint density at radius 3 is 2.78 bits per heavy atom. The molecule has 0 unspecified atom stereocenters. The van der Waals surface area contributed by atoms with Gasteiger partial charge in [0.05, 0.1) is 9.35 Å². The Morgan fingerprint density at radius 1 is 1.44 bits per heavy atom. The molecule has 1 heterocycles. The van der Waals surface area contributed by atoms with Gasteiger partial charge in [-0.15, -0.1) is 11.3 Å². The van der Waals surface area contributed by atoms with Gasteiger partial charge in [-0.25, -0.2) is 9.18 Å². The molecule has 3 nitrogen and oxygen atoms in total. The molecule has 18 heavy (non-hydrogen) atoms. The first-order chi connectivity index (χ1) is 8.56. The van der Waals surface area contributed by atoms with E-state index < -0.39 is 11.8 Å². The van der Waals surface area contributed by atoms with Gasteiger partial charge < -0.3 is 9.84 Å². The Hall–Kier alpha value is -1.40. The number of rotatable bonds is 4. The molecule has 0 aliphatic rings. The zero-order chi connectivity index (χ0) is 13.1. The molecule has 0 aliphatic carbocycles. The number of ether oxygens (including phenoxy) is 1. The van der Waals surface area contributed by atoms with Crippen molar-refractivity contribution in [3.05, 3.63) is 50.4 Å². The van der Waals surface area contributed by atoms with Crippen LogP contribution in [0.2, 0.25) is 0 Å². The van der Waals surface area contributed by atoms with E-state index in [9.17, 15) is 9.18 Å². The number of hydrogen-bond donors (Lipinski definition) is 1. The summed E-state index contributed by atoms with van der Waals surface area (Å²) in [6.45, 7) is 0.313. The van der Waals surface area contributed by atoms with Crippen molar-refractivity contribution in [3.63, 3.8) is 0 Å². The summed E-state index contributed by atoms with van der Waals surface area (Å²) in [6, 6.07) is 5.61. The molecular weight excluding hydrogens is 323 g/mol. The first-order valence-corrected chi connectivity index (χ1v) is 6.62. The Labute approximate surface area is 115 Å². The third-order valence-electron chi connectivity index (χ3n) is 2.20. The van der Waals surface area contributed by atoms with Gasteiger partial charge in [-0.2, -0.15) is 0 Å². The second-order valence-corrected chi connectivity index (χ2v) is 5.79. The first-order valence-electron chi connectivity index (χ1n) is 4.95. The van der Waals surface area contributed by atoms with Gasteiger partial charge in [0.25, 0.3) is 0 Å². The summed E-state index contributed by atoms with van der Waals surface area (Å²) in [5.41, 5.74) is 0.607. The number of thiophene rings is 1. The Morgan fingerprint density at radius 2 is 2.22 bits per heavy atom. The highest BCUT2D eigenvalue weighted by atomic mass is 79.9. The first kappa shape index (κ1) is 13.0. The van der Waals surface area contributed by atoms with Crippen molar-refractivity contribution in [2.45, 2.75) is 6.61 Å². The van der Waals surface area contributed by atoms with Crippen LogP contribution in [-0.2, 0) is 6.61 Å². The summed E-state index contributed by atoms with van der Waals surface area (Å²) in [4.78, 5) is 10.6. The Balaban J connectivity index is 2.06. The average Bonchev–Trinajstić information content (AvgIpc) is 2.72. The zero-order valence-electron chi connectivity index (χ0n) is 9.02. The molecule has 0 aliphatic heterocycles. The molecule has 2 aromatic rings. The second-order valence-electron chi connectivity index (χ2n) is 3.49. The summed E-state index contributed by atoms with van der Waals surface area (Å²) in [5.74, 6) is -1.79. The fourth-order valence-electron chi connectivity index (χ4n) is 1.35. The molecule has 1 N–H and O–H groups in total. The zero-order valence-corrected chi connectivity index (χ0v) is 11.4. The minimum Gasteiger partial charge on any atom is -0.489 e. The maximum Gasteiger partial charge on any atom is 0.338 e. The Kier molecular flexibility index (Phi) is 3.98. The van der Waals surface area contributed by atoms with Crippen LogP contribution < -0.4 is 4.74 Å². The molecule has 1 aromatic carbocycles. The largest absolute Gasteiger partial charge is 0.489 e. The van der Waals surface area contributed by atoms with Crippen LogP contribution in [0.5, 0.6) is 5.75 Å². The molecule has 0 spiro atoms. The van der Waals surface area contributed by atoms with E-state index in [1.54, 1.807) is 0 Å². The van der Waals surface area contributed by atoms with E-state index in [-0.39, 0.29) is 5.56 Å². The van der Waals surface area contributed by atoms with E-state index in [2.05, 4.69) is 15.9 Å². The summed E-state index contributed by atoms with van der Waals surface area (Å²) in [7, 11) is 0. The molecule has 0 bridgehead atoms. The predicted octanol–water partition coefficient (Wildman–Crippen LogP) is 3.93. The average molecular weight is 331 g/mol. The van der Waals surface area contributed by atoms with Crippen LogP contribution in [0.15, 0.2) is 33.4 Å². The van der Waals surface area contributed by atoms with Crippen molar-refractivity contribution < 1.29 is 19.0 Å². The number of halogens is 2. The van der Waals surface area contributed by atoms with Gasteiger partial charge in [-0.05, 0) is 39.5 Å². The maximum absolute atomic E-state index is 13.4. The molecule has 1 aromatic heterocycles. The van der Waals surface area contributed by atoms with Crippen LogP contribution in [0.1, 0.15) is 15.9 Å². The van der Waals surface area contributed by atoms with E-state index in [0.29, 0.717) is 12.4 Å². The summed E-state index contributed by atoms with van der Waals surface area (Å²) < 4.78 is 19.7.